The molecule has 0 aromatic carbocycles. The molecule has 7 nitrogen and oxygen atoms in total. The van der Waals surface area contributed by atoms with Crippen LogP contribution in [0.5, 0.6) is 0 Å². The number of piperidine rings is 1. The smallest absolute Gasteiger partial charge is 0.220 e. The van der Waals surface area contributed by atoms with Gasteiger partial charge in [-0.2, -0.15) is 41.2 Å². The van der Waals surface area contributed by atoms with Crippen LogP contribution in [0.15, 0.2) is 0 Å². The number of hydrogen-bond donors (Lipinski definition) is 0. The van der Waals surface area contributed by atoms with Crippen molar-refractivity contribution in [3.05, 3.63) is 0 Å². The highest BCUT2D eigenvalue weighted by molar-refractivity contribution is 7.94. The van der Waals surface area contributed by atoms with E-state index in [4.69, 9.17) is 10.5 Å². The van der Waals surface area contributed by atoms with E-state index in [0.717, 1.165) is 6.42 Å². The topological polar surface area (TPSA) is 119 Å². The summed E-state index contributed by atoms with van der Waals surface area (Å²) in [5.41, 5.74) is 0. The summed E-state index contributed by atoms with van der Waals surface area (Å²) in [4.78, 5) is 0. The Morgan fingerprint density at radius 3 is 1.83 bits per heavy atom. The molecule has 1 heterocycles. The number of hydrogen-bond acceptors (Lipinski definition) is 6. The lowest BCUT2D eigenvalue weighted by Crippen LogP contribution is -2.65. The highest BCUT2D eigenvalue weighted by Crippen LogP contribution is 2.53. The zero-order valence-electron chi connectivity index (χ0n) is 15.2. The largest absolute Gasteiger partial charge is 0.428 e. The molecule has 2 aliphatic rings. The third-order valence-electron chi connectivity index (χ3n) is 5.55. The van der Waals surface area contributed by atoms with Crippen LogP contribution in [0.25, 0.3) is 0 Å². The Hall–Kier alpha value is -1.58. The molecule has 1 aliphatic heterocycles. The number of sulfone groups is 1. The molecule has 0 N–H and O–H groups in total. The van der Waals surface area contributed by atoms with Crippen LogP contribution >= 0.6 is 0 Å². The molecular weight excluding hydrogens is 464 g/mol. The fourth-order valence-corrected chi connectivity index (χ4v) is 6.41. The number of fused-ring (bicyclic) bond motifs is 1. The van der Waals surface area contributed by atoms with Gasteiger partial charge in [0.05, 0.1) is 12.1 Å². The highest BCUT2D eigenvalue weighted by atomic mass is 32.2. The Morgan fingerprint density at radius 2 is 1.33 bits per heavy atom. The van der Waals surface area contributed by atoms with Gasteiger partial charge in [-0.25, -0.2) is 16.8 Å². The molecule has 0 amide bonds. The monoisotopic (exact) mass is 481 g/mol. The van der Waals surface area contributed by atoms with Crippen LogP contribution in [0.4, 0.5) is 26.3 Å². The maximum Gasteiger partial charge on any atom is 0.428 e. The van der Waals surface area contributed by atoms with E-state index in [9.17, 15) is 43.2 Å². The van der Waals surface area contributed by atoms with Crippen LogP contribution in [-0.2, 0) is 19.9 Å². The van der Waals surface area contributed by atoms with Gasteiger partial charge >= 0.3 is 16.4 Å². The minimum Gasteiger partial charge on any atom is -0.220 e. The second-order valence-electron chi connectivity index (χ2n) is 7.25. The fourth-order valence-electron chi connectivity index (χ4n) is 3.77. The van der Waals surface area contributed by atoms with E-state index >= 15 is 0 Å². The number of halogens is 6. The first kappa shape index (κ1) is 24.7. The summed E-state index contributed by atoms with van der Waals surface area (Å²) in [6.07, 6.45) is 2.73. The third-order valence-corrected chi connectivity index (χ3v) is 9.27. The van der Waals surface area contributed by atoms with Crippen LogP contribution in [0.1, 0.15) is 32.1 Å². The average Bonchev–Trinajstić information content (AvgIpc) is 2.67. The molecule has 1 aliphatic carbocycles. The molecule has 2 fully saturated rings. The summed E-state index contributed by atoms with van der Waals surface area (Å²) in [6.45, 7) is -1.18. The summed E-state index contributed by atoms with van der Waals surface area (Å²) >= 11 is 0. The zero-order valence-corrected chi connectivity index (χ0v) is 16.9. The van der Waals surface area contributed by atoms with E-state index < -0.39 is 60.5 Å². The van der Waals surface area contributed by atoms with Crippen molar-refractivity contribution in [2.24, 2.45) is 11.8 Å². The molecule has 0 spiro atoms. The molecule has 30 heavy (non-hydrogen) atoms. The van der Waals surface area contributed by atoms with Crippen LogP contribution in [0.3, 0.4) is 0 Å². The van der Waals surface area contributed by atoms with Gasteiger partial charge < -0.3 is 0 Å². The number of alkyl halides is 6. The van der Waals surface area contributed by atoms with Gasteiger partial charge in [-0.3, -0.25) is 0 Å². The molecular formula is C15H17F6N3O4S2. The predicted molar refractivity (Wildman–Crippen MR) is 89.3 cm³/mol. The zero-order chi connectivity index (χ0) is 23.2. The minimum atomic E-state index is -6.95. The maximum absolute atomic E-state index is 14.4. The first-order valence-electron chi connectivity index (χ1n) is 8.75. The molecule has 2 unspecified atom stereocenters. The molecule has 0 radical (unpaired) electrons. The predicted octanol–water partition coefficient (Wildman–Crippen LogP) is 2.48. The maximum atomic E-state index is 14.4. The van der Waals surface area contributed by atoms with Gasteiger partial charge in [-0.15, -0.1) is 0 Å². The van der Waals surface area contributed by atoms with Gasteiger partial charge in [0.2, 0.25) is 5.25 Å². The average molecular weight is 481 g/mol. The van der Waals surface area contributed by atoms with Gasteiger partial charge in [0, 0.05) is 13.1 Å². The summed E-state index contributed by atoms with van der Waals surface area (Å²) in [5.74, 6) is -7.36. The van der Waals surface area contributed by atoms with Crippen molar-refractivity contribution in [1.29, 1.82) is 10.5 Å². The molecule has 0 bridgehead atoms. The van der Waals surface area contributed by atoms with E-state index in [1.165, 1.54) is 0 Å². The molecule has 15 heteroatoms. The SMILES string of the molecule is N#CC(C#N)S(=O)(=O)C(F)(F)C(F)(F)C(F)(F)S(=O)(=O)N1CCC2CCCCC2C1. The Kier molecular flexibility index (Phi) is 6.45. The second kappa shape index (κ2) is 7.84. The molecule has 2 atom stereocenters. The molecule has 2 rings (SSSR count). The van der Waals surface area contributed by atoms with E-state index in [1.807, 2.05) is 0 Å². The molecule has 0 aromatic rings. The lowest BCUT2D eigenvalue weighted by molar-refractivity contribution is -0.245. The van der Waals surface area contributed by atoms with Crippen molar-refractivity contribution in [1.82, 2.24) is 4.31 Å². The van der Waals surface area contributed by atoms with Crippen LogP contribution in [0.2, 0.25) is 0 Å². The highest BCUT2D eigenvalue weighted by Gasteiger charge is 2.83. The quantitative estimate of drug-likeness (QED) is 0.538. The van der Waals surface area contributed by atoms with Crippen molar-refractivity contribution in [2.75, 3.05) is 13.1 Å². The van der Waals surface area contributed by atoms with Crippen LogP contribution < -0.4 is 0 Å². The lowest BCUT2D eigenvalue weighted by atomic mass is 9.76. The van der Waals surface area contributed by atoms with Gasteiger partial charge in [-0.05, 0) is 24.7 Å². The lowest BCUT2D eigenvalue weighted by Gasteiger charge is -2.42. The van der Waals surface area contributed by atoms with Crippen molar-refractivity contribution in [3.63, 3.8) is 0 Å². The van der Waals surface area contributed by atoms with E-state index in [0.29, 0.717) is 31.4 Å². The minimum absolute atomic E-state index is 0.00633. The number of nitrogens with zero attached hydrogens (tertiary/aromatic N) is 3. The standard InChI is InChI=1S/C15H17F6N3O4S2/c16-13(17,14(18,19)29(25,26)12(7-22)8-23)15(20,21)30(27,28)24-6-5-10-3-1-2-4-11(10)9-24/h10-12H,1-6,9H2. The van der Waals surface area contributed by atoms with Crippen LogP contribution in [0, 0.1) is 34.5 Å². The number of sulfonamides is 1. The summed E-state index contributed by atoms with van der Waals surface area (Å²) in [5, 5.41) is 0.206. The Labute approximate surface area is 169 Å². The third kappa shape index (κ3) is 3.44. The van der Waals surface area contributed by atoms with E-state index in [1.54, 1.807) is 0 Å². The number of rotatable bonds is 6. The Morgan fingerprint density at radius 1 is 0.833 bits per heavy atom. The van der Waals surface area contributed by atoms with Crippen molar-refractivity contribution < 1.29 is 43.2 Å². The van der Waals surface area contributed by atoms with Gasteiger partial charge in [0.15, 0.2) is 0 Å². The Balaban J connectivity index is 2.44. The Bertz CT molecular complexity index is 957. The second-order valence-corrected chi connectivity index (χ2v) is 11.3. The summed E-state index contributed by atoms with van der Waals surface area (Å²) < 4.78 is 133. The van der Waals surface area contributed by atoms with E-state index in [2.05, 4.69) is 0 Å². The fraction of sp³-hybridized carbons (Fsp3) is 0.867. The normalized spacial score (nSPS) is 24.7. The molecule has 0 aromatic heterocycles. The molecule has 1 saturated heterocycles. The van der Waals surface area contributed by atoms with Gasteiger partial charge in [0.25, 0.3) is 19.9 Å². The van der Waals surface area contributed by atoms with Crippen molar-refractivity contribution in [2.45, 2.75) is 53.8 Å². The summed E-state index contributed by atoms with van der Waals surface area (Å²) in [7, 11) is -13.2. The van der Waals surface area contributed by atoms with Gasteiger partial charge in [-0.1, -0.05) is 19.3 Å². The van der Waals surface area contributed by atoms with Crippen molar-refractivity contribution >= 4 is 19.9 Å². The first-order valence-corrected chi connectivity index (χ1v) is 11.7. The van der Waals surface area contributed by atoms with Gasteiger partial charge in [0.1, 0.15) is 0 Å². The van der Waals surface area contributed by atoms with Crippen molar-refractivity contribution in [3.8, 4) is 12.1 Å². The van der Waals surface area contributed by atoms with E-state index in [-0.39, 0.29) is 16.6 Å². The molecule has 170 valence electrons. The number of nitriles is 2. The van der Waals surface area contributed by atoms with Crippen LogP contribution in [-0.4, -0.2) is 55.9 Å². The summed E-state index contributed by atoms with van der Waals surface area (Å²) in [6, 6.07) is 0.975. The molecule has 1 saturated carbocycles. The first-order chi connectivity index (χ1) is 13.6.